The van der Waals surface area contributed by atoms with E-state index in [0.717, 1.165) is 32.7 Å². The summed E-state index contributed by atoms with van der Waals surface area (Å²) < 4.78 is 102. The van der Waals surface area contributed by atoms with Gasteiger partial charge in [0.1, 0.15) is 60.7 Å². The fourth-order valence-electron chi connectivity index (χ4n) is 7.88. The van der Waals surface area contributed by atoms with Gasteiger partial charge in [0.15, 0.2) is 41.3 Å². The molecule has 0 bridgehead atoms. The van der Waals surface area contributed by atoms with Crippen LogP contribution in [0, 0.1) is 0 Å². The van der Waals surface area contributed by atoms with Crippen molar-refractivity contribution in [3.8, 4) is 0 Å². The van der Waals surface area contributed by atoms with E-state index >= 15 is 4.39 Å². The number of halogens is 1. The Kier molecular flexibility index (Phi) is 13.0. The number of nitrogens with one attached hydrogen (secondary N) is 2. The van der Waals surface area contributed by atoms with Crippen LogP contribution in [0.5, 0.6) is 0 Å². The van der Waals surface area contributed by atoms with Gasteiger partial charge in [-0.2, -0.15) is 18.8 Å². The summed E-state index contributed by atoms with van der Waals surface area (Å²) in [4.78, 5) is 84.8. The third-order valence-corrected chi connectivity index (χ3v) is 14.6. The Bertz CT molecular complexity index is 3250. The summed E-state index contributed by atoms with van der Waals surface area (Å²) in [6.45, 7) is -3.40. The molecule has 6 aromatic heterocycles. The number of aliphatic hydroxyl groups is 4. The molecular weight excluding hydrogens is 1010 g/mol. The zero-order valence-electron chi connectivity index (χ0n) is 35.2. The number of anilines is 3. The van der Waals surface area contributed by atoms with Crippen LogP contribution in [0.15, 0.2) is 34.9 Å². The van der Waals surface area contributed by atoms with Crippen molar-refractivity contribution in [2.75, 3.05) is 37.0 Å². The van der Waals surface area contributed by atoms with Crippen LogP contribution in [-0.2, 0) is 57.4 Å². The number of aromatic nitrogens is 12. The average Bonchev–Trinajstić information content (AvgIpc) is 4.13. The summed E-state index contributed by atoms with van der Waals surface area (Å²) >= 11 is 0. The van der Waals surface area contributed by atoms with Crippen LogP contribution in [0.3, 0.4) is 0 Å². The van der Waals surface area contributed by atoms with Crippen LogP contribution in [-0.4, -0.2) is 164 Å². The number of aromatic amines is 2. The van der Waals surface area contributed by atoms with Gasteiger partial charge in [-0.15, -0.1) is 0 Å². The van der Waals surface area contributed by atoms with Crippen molar-refractivity contribution in [1.29, 1.82) is 0 Å². The summed E-state index contributed by atoms with van der Waals surface area (Å²) in [6.07, 6.45) is -17.7. The molecule has 35 nitrogen and oxygen atoms in total. The molecule has 70 heavy (non-hydrogen) atoms. The normalized spacial score (nSPS) is 30.9. The predicted molar refractivity (Wildman–Crippen MR) is 222 cm³/mol. The minimum absolute atomic E-state index is 0.00295. The van der Waals surface area contributed by atoms with Crippen molar-refractivity contribution in [3.05, 3.63) is 46.0 Å². The molecule has 0 aromatic carbocycles. The molecule has 0 aliphatic carbocycles. The average molecular weight is 1050 g/mol. The number of ether oxygens (including phenoxy) is 3. The van der Waals surface area contributed by atoms with Gasteiger partial charge in [-0.05, 0) is 0 Å². The number of hydrogen-bond acceptors (Lipinski definition) is 26. The molecule has 15 atom stereocenters. The number of nitrogen functional groups attached to an aromatic ring is 3. The summed E-state index contributed by atoms with van der Waals surface area (Å²) in [5.41, 5.74) is 15.2. The predicted octanol–water partition coefficient (Wildman–Crippen LogP) is -4.50. The molecule has 3 saturated heterocycles. The third-order valence-electron chi connectivity index (χ3n) is 11.1. The maximum Gasteiger partial charge on any atom is 0.481 e. The fourth-order valence-corrected chi connectivity index (χ4v) is 10.9. The van der Waals surface area contributed by atoms with Gasteiger partial charge >= 0.3 is 29.0 Å². The highest BCUT2D eigenvalue weighted by Gasteiger charge is 2.53. The van der Waals surface area contributed by atoms with E-state index in [1.807, 2.05) is 0 Å². The van der Waals surface area contributed by atoms with E-state index in [1.54, 1.807) is 0 Å². The van der Waals surface area contributed by atoms with Crippen LogP contribution in [0.2, 0.25) is 0 Å². The smallest absolute Gasteiger partial charge is 0.387 e. The molecule has 3 unspecified atom stereocenters. The molecule has 9 heterocycles. The molecule has 15 N–H and O–H groups in total. The second kappa shape index (κ2) is 18.4. The topological polar surface area (TPSA) is 506 Å². The molecule has 380 valence electrons. The number of aryl methyl sites for hydroxylation is 1. The Labute approximate surface area is 385 Å². The molecule has 39 heteroatoms. The van der Waals surface area contributed by atoms with Gasteiger partial charge < -0.3 is 66.5 Å². The van der Waals surface area contributed by atoms with Crippen LogP contribution in [0.1, 0.15) is 18.7 Å². The second-order valence-corrected chi connectivity index (χ2v) is 20.1. The van der Waals surface area contributed by atoms with E-state index in [0.29, 0.717) is 0 Å². The van der Waals surface area contributed by atoms with Gasteiger partial charge in [0, 0.05) is 0 Å². The Morgan fingerprint density at radius 3 is 1.83 bits per heavy atom. The number of phosphoric ester groups is 3. The van der Waals surface area contributed by atoms with Crippen molar-refractivity contribution in [3.63, 3.8) is 0 Å². The number of hydrogen-bond donors (Lipinski definition) is 12. The SMILES string of the molecule is C[n+]1cn([C@H]2O[C@@H](COP(=O)(O)OP(=O)(O)OC[C@H]3O[C@@H](n4cnc5c(N)ncnc54)[C@H](F)[C@@H]3OP(=O)(O)OC[C@H]3O[C@@H](n4cnc5c(=O)[nH]c(N)nc54)[C@H](O)[C@@H]3O)[C@H](O)[C@@H]2O)c2nc(N)[nH]c(=O)c21. The van der Waals surface area contributed by atoms with Crippen molar-refractivity contribution >= 4 is 74.7 Å². The van der Waals surface area contributed by atoms with Gasteiger partial charge in [0.25, 0.3) is 16.7 Å². The van der Waals surface area contributed by atoms with Crippen LogP contribution < -0.4 is 32.9 Å². The Balaban J connectivity index is 0.867. The van der Waals surface area contributed by atoms with Crippen molar-refractivity contribution in [2.24, 2.45) is 7.05 Å². The lowest BCUT2D eigenvalue weighted by molar-refractivity contribution is -0.646. The highest BCUT2D eigenvalue weighted by Crippen LogP contribution is 2.61. The first-order valence-corrected chi connectivity index (χ1v) is 24.5. The van der Waals surface area contributed by atoms with E-state index in [2.05, 4.69) is 44.2 Å². The van der Waals surface area contributed by atoms with Crippen LogP contribution in [0.25, 0.3) is 33.5 Å². The van der Waals surface area contributed by atoms with Crippen molar-refractivity contribution in [1.82, 2.24) is 53.6 Å². The lowest BCUT2D eigenvalue weighted by Crippen LogP contribution is -2.35. The van der Waals surface area contributed by atoms with Gasteiger partial charge in [0.2, 0.25) is 24.5 Å². The first-order chi connectivity index (χ1) is 32.9. The number of H-pyrrole nitrogens is 2. The monoisotopic (exact) mass is 1050 g/mol. The summed E-state index contributed by atoms with van der Waals surface area (Å²) in [7, 11) is -15.6. The molecular formula is C31H40FN15O20P3+. The van der Waals surface area contributed by atoms with Gasteiger partial charge in [-0.1, -0.05) is 0 Å². The molecule has 0 spiro atoms. The van der Waals surface area contributed by atoms with E-state index in [4.69, 9.17) is 49.5 Å². The zero-order valence-corrected chi connectivity index (χ0v) is 37.9. The first kappa shape index (κ1) is 49.6. The van der Waals surface area contributed by atoms with Gasteiger partial charge in [-0.25, -0.2) is 42.6 Å². The van der Waals surface area contributed by atoms with Gasteiger partial charge in [0.05, 0.1) is 39.5 Å². The molecule has 0 saturated carbocycles. The highest BCUT2D eigenvalue weighted by molar-refractivity contribution is 7.61. The Morgan fingerprint density at radius 1 is 0.686 bits per heavy atom. The lowest BCUT2D eigenvalue weighted by atomic mass is 10.1. The number of fused-ring (bicyclic) bond motifs is 3. The number of phosphoric acid groups is 3. The van der Waals surface area contributed by atoms with Crippen LogP contribution in [0.4, 0.5) is 22.1 Å². The summed E-state index contributed by atoms with van der Waals surface area (Å²) in [5.74, 6) is -0.749. The molecule has 0 amide bonds. The van der Waals surface area contributed by atoms with Crippen molar-refractivity contribution in [2.45, 2.75) is 73.7 Å². The molecule has 0 radical (unpaired) electrons. The summed E-state index contributed by atoms with van der Waals surface area (Å²) in [5, 5.41) is 43.1. The van der Waals surface area contributed by atoms with Gasteiger partial charge in [-0.3, -0.25) is 46.8 Å². The number of rotatable bonds is 16. The van der Waals surface area contributed by atoms with E-state index in [1.165, 1.54) is 17.9 Å². The number of alkyl halides is 1. The summed E-state index contributed by atoms with van der Waals surface area (Å²) in [6, 6.07) is 0. The molecule has 3 fully saturated rings. The largest absolute Gasteiger partial charge is 0.481 e. The maximum absolute atomic E-state index is 16.5. The highest BCUT2D eigenvalue weighted by atomic mass is 31.3. The second-order valence-electron chi connectivity index (χ2n) is 15.7. The molecule has 6 aromatic rings. The quantitative estimate of drug-likeness (QED) is 0.0321. The van der Waals surface area contributed by atoms with E-state index in [-0.39, 0.29) is 51.2 Å². The molecule has 3 aliphatic rings. The maximum atomic E-state index is 16.5. The lowest BCUT2D eigenvalue weighted by Gasteiger charge is -2.24. The minimum atomic E-state index is -5.79. The van der Waals surface area contributed by atoms with Crippen molar-refractivity contribution < 1.29 is 94.4 Å². The standard InChI is InChI=1S/C31H39FN15O20P3/c1-44-8-47(24-15(44)26(53)43-31(35)41-24)29-19(51)17(49)10(64-29)3-61-69(56,57)67-70(58,59)62-4-11-20(12(32)27(65-11)45-6-38-13-21(33)36-5-37-22(13)45)66-68(54,55)60-2-9-16(48)18(50)28(63-9)46-7-39-14-23(46)40-30(34)42-25(14)52/h5-12,16-20,27-29,48-51H,2-4H2,1H3,(H10-,33,34,35,36,37,40,41,42,43,52,53,54,55,56,57,58,59)/p+1/t9-,10+,11-,12-,16-,17+,18-,19+,20-,27-,28-,29+/m1/s1. The number of aliphatic hydroxyl groups excluding tert-OH is 4. The first-order valence-electron chi connectivity index (χ1n) is 20.0. The third kappa shape index (κ3) is 9.35. The number of nitrogens with zero attached hydrogens (tertiary/aromatic N) is 10. The molecule has 9 rings (SSSR count). The fraction of sp³-hybridized carbons (Fsp3) is 0.516. The Morgan fingerprint density at radius 2 is 1.20 bits per heavy atom. The van der Waals surface area contributed by atoms with E-state index < -0.39 is 128 Å². The zero-order chi connectivity index (χ0) is 50.4. The Hall–Kier alpha value is -5.33. The number of nitrogens with two attached hydrogens (primary N) is 3. The van der Waals surface area contributed by atoms with Crippen LogP contribution >= 0.6 is 23.5 Å². The molecule has 3 aliphatic heterocycles. The minimum Gasteiger partial charge on any atom is -0.387 e. The van der Waals surface area contributed by atoms with E-state index in [9.17, 15) is 58.4 Å². The number of imidazole rings is 3.